The van der Waals surface area contributed by atoms with E-state index < -0.39 is 11.7 Å². The van der Waals surface area contributed by atoms with Crippen molar-refractivity contribution in [1.82, 2.24) is 10.2 Å². The van der Waals surface area contributed by atoms with Crippen LogP contribution in [0, 0.1) is 11.7 Å². The largest absolute Gasteiger partial charge is 0.493 e. The number of benzene rings is 2. The zero-order valence-corrected chi connectivity index (χ0v) is 17.5. The van der Waals surface area contributed by atoms with Gasteiger partial charge in [-0.05, 0) is 36.8 Å². The number of halogens is 1. The SMILES string of the molecule is CCCNC(=O)[C@H]1CN(C(=O)c2ccc(F)cc2)C[C@H]1c1cccc(OC)c1OC. The molecule has 2 aromatic rings. The summed E-state index contributed by atoms with van der Waals surface area (Å²) in [6.45, 7) is 3.19. The van der Waals surface area contributed by atoms with Gasteiger partial charge in [-0.15, -0.1) is 0 Å². The van der Waals surface area contributed by atoms with Crippen molar-refractivity contribution < 1.29 is 23.5 Å². The molecule has 1 aliphatic rings. The molecule has 0 aromatic heterocycles. The highest BCUT2D eigenvalue weighted by molar-refractivity contribution is 5.95. The van der Waals surface area contributed by atoms with Gasteiger partial charge in [0.15, 0.2) is 11.5 Å². The standard InChI is InChI=1S/C23H27FN2O4/c1-4-12-25-22(27)19-14-26(23(28)15-8-10-16(24)11-9-15)13-18(19)17-6-5-7-20(29-2)21(17)30-3/h5-11,18-19H,4,12-14H2,1-3H3,(H,25,27)/t18-,19-/m0/s1. The molecule has 2 amide bonds. The minimum Gasteiger partial charge on any atom is -0.493 e. The number of carbonyl (C=O) groups excluding carboxylic acids is 2. The Morgan fingerprint density at radius 2 is 1.83 bits per heavy atom. The van der Waals surface area contributed by atoms with Gasteiger partial charge in [0.25, 0.3) is 5.91 Å². The van der Waals surface area contributed by atoms with E-state index in [2.05, 4.69) is 5.32 Å². The van der Waals surface area contributed by atoms with Gasteiger partial charge < -0.3 is 19.7 Å². The number of ether oxygens (including phenoxy) is 2. The molecular weight excluding hydrogens is 387 g/mol. The van der Waals surface area contributed by atoms with Crippen LogP contribution < -0.4 is 14.8 Å². The van der Waals surface area contributed by atoms with E-state index in [-0.39, 0.29) is 24.3 Å². The Morgan fingerprint density at radius 3 is 2.47 bits per heavy atom. The normalized spacial score (nSPS) is 18.2. The lowest BCUT2D eigenvalue weighted by Gasteiger charge is -2.21. The number of carbonyl (C=O) groups is 2. The highest BCUT2D eigenvalue weighted by atomic mass is 19.1. The summed E-state index contributed by atoms with van der Waals surface area (Å²) in [5, 5.41) is 2.95. The second-order valence-electron chi connectivity index (χ2n) is 7.30. The summed E-state index contributed by atoms with van der Waals surface area (Å²) >= 11 is 0. The zero-order valence-electron chi connectivity index (χ0n) is 17.5. The summed E-state index contributed by atoms with van der Waals surface area (Å²) < 4.78 is 24.2. The third-order valence-corrected chi connectivity index (χ3v) is 5.42. The van der Waals surface area contributed by atoms with Gasteiger partial charge in [-0.25, -0.2) is 4.39 Å². The Labute approximate surface area is 176 Å². The molecule has 0 radical (unpaired) electrons. The van der Waals surface area contributed by atoms with E-state index in [1.54, 1.807) is 25.2 Å². The number of hydrogen-bond donors (Lipinski definition) is 1. The number of rotatable bonds is 7. The van der Waals surface area contributed by atoms with Crippen LogP contribution in [0.4, 0.5) is 4.39 Å². The summed E-state index contributed by atoms with van der Waals surface area (Å²) in [6, 6.07) is 11.0. The molecule has 1 N–H and O–H groups in total. The van der Waals surface area contributed by atoms with Gasteiger partial charge in [0.05, 0.1) is 20.1 Å². The van der Waals surface area contributed by atoms with Crippen molar-refractivity contribution >= 4 is 11.8 Å². The van der Waals surface area contributed by atoms with E-state index in [0.717, 1.165) is 12.0 Å². The highest BCUT2D eigenvalue weighted by Gasteiger charge is 2.42. The maximum absolute atomic E-state index is 13.2. The number of amides is 2. The van der Waals surface area contributed by atoms with Crippen LogP contribution >= 0.6 is 0 Å². The lowest BCUT2D eigenvalue weighted by molar-refractivity contribution is -0.124. The van der Waals surface area contributed by atoms with Crippen LogP contribution in [-0.2, 0) is 4.79 Å². The molecule has 0 aliphatic carbocycles. The smallest absolute Gasteiger partial charge is 0.253 e. The van der Waals surface area contributed by atoms with E-state index in [1.165, 1.54) is 24.3 Å². The van der Waals surface area contributed by atoms with Crippen LogP contribution in [0.25, 0.3) is 0 Å². The predicted molar refractivity (Wildman–Crippen MR) is 111 cm³/mol. The lowest BCUT2D eigenvalue weighted by atomic mass is 9.87. The minimum absolute atomic E-state index is 0.0962. The molecule has 1 saturated heterocycles. The summed E-state index contributed by atoms with van der Waals surface area (Å²) in [5.41, 5.74) is 1.21. The van der Waals surface area contributed by atoms with E-state index in [9.17, 15) is 14.0 Å². The Balaban J connectivity index is 1.94. The Morgan fingerprint density at radius 1 is 1.10 bits per heavy atom. The Bertz CT molecular complexity index is 901. The summed E-state index contributed by atoms with van der Waals surface area (Å²) in [6.07, 6.45) is 0.823. The fraction of sp³-hybridized carbons (Fsp3) is 0.391. The third-order valence-electron chi connectivity index (χ3n) is 5.42. The molecule has 0 bridgehead atoms. The molecule has 3 rings (SSSR count). The molecule has 160 valence electrons. The van der Waals surface area contributed by atoms with Crippen LogP contribution in [0.2, 0.25) is 0 Å². The molecule has 0 saturated carbocycles. The number of para-hydroxylation sites is 1. The van der Waals surface area contributed by atoms with Crippen molar-refractivity contribution in [2.45, 2.75) is 19.3 Å². The molecule has 1 aliphatic heterocycles. The molecule has 2 atom stereocenters. The molecule has 2 aromatic carbocycles. The first-order chi connectivity index (χ1) is 14.5. The van der Waals surface area contributed by atoms with Crippen LogP contribution in [-0.4, -0.2) is 50.6 Å². The Kier molecular flexibility index (Phi) is 6.92. The molecule has 7 heteroatoms. The molecule has 1 fully saturated rings. The fourth-order valence-electron chi connectivity index (χ4n) is 3.91. The van der Waals surface area contributed by atoms with E-state index in [0.29, 0.717) is 30.2 Å². The van der Waals surface area contributed by atoms with E-state index >= 15 is 0 Å². The summed E-state index contributed by atoms with van der Waals surface area (Å²) in [7, 11) is 3.12. The Hall–Kier alpha value is -3.09. The topological polar surface area (TPSA) is 67.9 Å². The highest BCUT2D eigenvalue weighted by Crippen LogP contribution is 2.42. The van der Waals surface area contributed by atoms with Crippen molar-refractivity contribution in [3.8, 4) is 11.5 Å². The monoisotopic (exact) mass is 414 g/mol. The molecule has 1 heterocycles. The first-order valence-electron chi connectivity index (χ1n) is 10.0. The van der Waals surface area contributed by atoms with Crippen LogP contribution in [0.3, 0.4) is 0 Å². The lowest BCUT2D eigenvalue weighted by Crippen LogP contribution is -2.36. The number of hydrogen-bond acceptors (Lipinski definition) is 4. The van der Waals surface area contributed by atoms with Gasteiger partial charge >= 0.3 is 0 Å². The van der Waals surface area contributed by atoms with Crippen molar-refractivity contribution in [1.29, 1.82) is 0 Å². The number of nitrogens with zero attached hydrogens (tertiary/aromatic N) is 1. The van der Waals surface area contributed by atoms with Gasteiger partial charge in [-0.1, -0.05) is 19.1 Å². The second kappa shape index (κ2) is 9.61. The minimum atomic E-state index is -0.429. The fourth-order valence-corrected chi connectivity index (χ4v) is 3.91. The first kappa shape index (κ1) is 21.6. The molecule has 0 spiro atoms. The van der Waals surface area contributed by atoms with Gasteiger partial charge in [-0.2, -0.15) is 0 Å². The van der Waals surface area contributed by atoms with Gasteiger partial charge in [0, 0.05) is 36.7 Å². The van der Waals surface area contributed by atoms with Crippen LogP contribution in [0.15, 0.2) is 42.5 Å². The zero-order chi connectivity index (χ0) is 21.7. The average molecular weight is 414 g/mol. The third kappa shape index (κ3) is 4.40. The van der Waals surface area contributed by atoms with Crippen molar-refractivity contribution in [3.05, 3.63) is 59.4 Å². The summed E-state index contributed by atoms with van der Waals surface area (Å²) in [4.78, 5) is 27.6. The predicted octanol–water partition coefficient (Wildman–Crippen LogP) is 3.22. The molecule has 30 heavy (non-hydrogen) atoms. The number of likely N-dealkylation sites (tertiary alicyclic amines) is 1. The number of methoxy groups -OCH3 is 2. The number of nitrogens with one attached hydrogen (secondary N) is 1. The average Bonchev–Trinajstić information content (AvgIpc) is 3.22. The van der Waals surface area contributed by atoms with E-state index in [1.807, 2.05) is 19.1 Å². The molecular formula is C23H27FN2O4. The van der Waals surface area contributed by atoms with Crippen molar-refractivity contribution in [3.63, 3.8) is 0 Å². The maximum atomic E-state index is 13.2. The van der Waals surface area contributed by atoms with Crippen LogP contribution in [0.5, 0.6) is 11.5 Å². The first-order valence-corrected chi connectivity index (χ1v) is 10.0. The van der Waals surface area contributed by atoms with Gasteiger partial charge in [-0.3, -0.25) is 9.59 Å². The van der Waals surface area contributed by atoms with Crippen molar-refractivity contribution in [2.75, 3.05) is 33.9 Å². The molecule has 0 unspecified atom stereocenters. The molecule has 6 nitrogen and oxygen atoms in total. The van der Waals surface area contributed by atoms with Crippen LogP contribution in [0.1, 0.15) is 35.2 Å². The van der Waals surface area contributed by atoms with E-state index in [4.69, 9.17) is 9.47 Å². The quantitative estimate of drug-likeness (QED) is 0.755. The van der Waals surface area contributed by atoms with Gasteiger partial charge in [0.1, 0.15) is 5.82 Å². The van der Waals surface area contributed by atoms with Crippen molar-refractivity contribution in [2.24, 2.45) is 5.92 Å². The maximum Gasteiger partial charge on any atom is 0.253 e. The van der Waals surface area contributed by atoms with Gasteiger partial charge in [0.2, 0.25) is 5.91 Å². The summed E-state index contributed by atoms with van der Waals surface area (Å²) in [5.74, 6) is -0.267. The second-order valence-corrected chi connectivity index (χ2v) is 7.30.